The number of carbonyl (C=O) groups excluding carboxylic acids is 1. The lowest BCUT2D eigenvalue weighted by Gasteiger charge is -2.27. The maximum absolute atomic E-state index is 13.3. The minimum Gasteiger partial charge on any atom is -0.396 e. The largest absolute Gasteiger partial charge is 0.396 e. The van der Waals surface area contributed by atoms with Crippen molar-refractivity contribution in [2.45, 2.75) is 51.2 Å². The van der Waals surface area contributed by atoms with E-state index in [1.54, 1.807) is 30.8 Å². The first-order valence-electron chi connectivity index (χ1n) is 12.2. The Morgan fingerprint density at radius 2 is 1.97 bits per heavy atom. The molecular weight excluding hydrogens is 450 g/mol. The first-order chi connectivity index (χ1) is 16.8. The summed E-state index contributed by atoms with van der Waals surface area (Å²) in [6.07, 6.45) is 8.76. The van der Waals surface area contributed by atoms with E-state index in [0.29, 0.717) is 41.7 Å². The van der Waals surface area contributed by atoms with Gasteiger partial charge in [0.2, 0.25) is 0 Å². The van der Waals surface area contributed by atoms with E-state index >= 15 is 0 Å². The molecule has 3 aromatic rings. The number of nitrogens with zero attached hydrogens (tertiary/aromatic N) is 6. The normalized spacial score (nSPS) is 21.4. The first-order valence-corrected chi connectivity index (χ1v) is 12.2. The van der Waals surface area contributed by atoms with Crippen molar-refractivity contribution >= 4 is 23.1 Å². The highest BCUT2D eigenvalue weighted by Crippen LogP contribution is 2.35. The molecule has 0 atom stereocenters. The molecule has 1 saturated carbocycles. The van der Waals surface area contributed by atoms with Gasteiger partial charge in [-0.3, -0.25) is 9.48 Å². The van der Waals surface area contributed by atoms with Gasteiger partial charge in [-0.2, -0.15) is 10.2 Å². The third-order valence-electron chi connectivity index (χ3n) is 6.94. The van der Waals surface area contributed by atoms with Gasteiger partial charge in [0.15, 0.2) is 5.65 Å². The Kier molecular flexibility index (Phi) is 6.47. The fourth-order valence-corrected chi connectivity index (χ4v) is 4.89. The van der Waals surface area contributed by atoms with Gasteiger partial charge in [-0.1, -0.05) is 0 Å². The average Bonchev–Trinajstić information content (AvgIpc) is 3.49. The van der Waals surface area contributed by atoms with Gasteiger partial charge >= 0.3 is 0 Å². The molecule has 0 unspecified atom stereocenters. The molecule has 2 aliphatic rings. The van der Waals surface area contributed by atoms with Crippen molar-refractivity contribution in [3.8, 4) is 0 Å². The van der Waals surface area contributed by atoms with Crippen LogP contribution in [0.25, 0.3) is 5.65 Å². The van der Waals surface area contributed by atoms with E-state index in [1.165, 1.54) is 6.20 Å². The van der Waals surface area contributed by atoms with Crippen LogP contribution in [-0.4, -0.2) is 73.4 Å². The van der Waals surface area contributed by atoms with Crippen molar-refractivity contribution in [1.29, 1.82) is 0 Å². The molecule has 5 rings (SSSR count). The number of aliphatic hydroxyl groups excluding tert-OH is 1. The van der Waals surface area contributed by atoms with Crippen molar-refractivity contribution in [1.82, 2.24) is 24.4 Å². The maximum atomic E-state index is 13.3. The van der Waals surface area contributed by atoms with Crippen LogP contribution in [-0.2, 0) is 10.3 Å². The molecule has 1 aliphatic carbocycles. The lowest BCUT2D eigenvalue weighted by molar-refractivity contribution is 0.0729. The zero-order valence-electron chi connectivity index (χ0n) is 20.2. The van der Waals surface area contributed by atoms with E-state index in [0.717, 1.165) is 44.6 Å². The van der Waals surface area contributed by atoms with E-state index < -0.39 is 5.60 Å². The van der Waals surface area contributed by atoms with Gasteiger partial charge in [0.25, 0.3) is 5.91 Å². The summed E-state index contributed by atoms with van der Waals surface area (Å²) in [7, 11) is 0. The summed E-state index contributed by atoms with van der Waals surface area (Å²) in [6, 6.07) is 2.05. The maximum Gasteiger partial charge on any atom is 0.261 e. The van der Waals surface area contributed by atoms with E-state index in [2.05, 4.69) is 20.4 Å². The number of rotatable bonds is 6. The number of nitrogens with one attached hydrogen (secondary N) is 1. The topological polar surface area (TPSA) is 130 Å². The van der Waals surface area contributed by atoms with Gasteiger partial charge in [-0.05, 0) is 51.5 Å². The monoisotopic (exact) mass is 483 g/mol. The Hall–Kier alpha value is -3.02. The molecular formula is C24H33N7O4. The highest BCUT2D eigenvalue weighted by molar-refractivity contribution is 6.08. The summed E-state index contributed by atoms with van der Waals surface area (Å²) in [5.41, 5.74) is 0.451. The Labute approximate surface area is 203 Å². The zero-order valence-corrected chi connectivity index (χ0v) is 20.2. The van der Waals surface area contributed by atoms with Crippen molar-refractivity contribution in [2.24, 2.45) is 5.92 Å². The second-order valence-electron chi connectivity index (χ2n) is 9.95. The van der Waals surface area contributed by atoms with Crippen LogP contribution in [0.2, 0.25) is 0 Å². The van der Waals surface area contributed by atoms with Crippen molar-refractivity contribution in [2.75, 3.05) is 43.1 Å². The predicted octanol–water partition coefficient (Wildman–Crippen LogP) is 1.97. The van der Waals surface area contributed by atoms with E-state index in [-0.39, 0.29) is 18.6 Å². The number of anilines is 2. The summed E-state index contributed by atoms with van der Waals surface area (Å²) in [6.45, 7) is 6.30. The summed E-state index contributed by atoms with van der Waals surface area (Å²) < 4.78 is 8.86. The minimum atomic E-state index is -1.24. The van der Waals surface area contributed by atoms with E-state index in [1.807, 2.05) is 10.7 Å². The minimum absolute atomic E-state index is 0.166. The Morgan fingerprint density at radius 1 is 1.23 bits per heavy atom. The fourth-order valence-electron chi connectivity index (χ4n) is 4.89. The van der Waals surface area contributed by atoms with Crippen molar-refractivity contribution < 1.29 is 19.7 Å². The lowest BCUT2D eigenvalue weighted by Crippen LogP contribution is -2.36. The molecule has 3 N–H and O–H groups in total. The highest BCUT2D eigenvalue weighted by Gasteiger charge is 2.30. The molecule has 1 amide bonds. The van der Waals surface area contributed by atoms with E-state index in [9.17, 15) is 15.0 Å². The smallest absolute Gasteiger partial charge is 0.261 e. The fraction of sp³-hybridized carbons (Fsp3) is 0.583. The van der Waals surface area contributed by atoms with Crippen LogP contribution < -0.4 is 10.2 Å². The van der Waals surface area contributed by atoms with Gasteiger partial charge < -0.3 is 25.2 Å². The lowest BCUT2D eigenvalue weighted by atomic mass is 9.87. The quantitative estimate of drug-likeness (QED) is 0.485. The second kappa shape index (κ2) is 9.56. The van der Waals surface area contributed by atoms with Crippen LogP contribution in [0.4, 0.5) is 11.5 Å². The third kappa shape index (κ3) is 4.89. The number of hydrogen-bond acceptors (Lipinski definition) is 8. The molecule has 0 radical (unpaired) electrons. The summed E-state index contributed by atoms with van der Waals surface area (Å²) in [4.78, 5) is 20.2. The van der Waals surface area contributed by atoms with Crippen molar-refractivity contribution in [3.05, 3.63) is 35.9 Å². The molecule has 0 aromatic carbocycles. The average molecular weight is 484 g/mol. The van der Waals surface area contributed by atoms with Crippen LogP contribution in [0.1, 0.15) is 61.6 Å². The number of hydrogen-bond donors (Lipinski definition) is 3. The summed E-state index contributed by atoms with van der Waals surface area (Å²) in [5, 5.41) is 32.1. The number of aromatic nitrogens is 5. The Bertz CT molecular complexity index is 1180. The molecule has 1 saturated heterocycles. The van der Waals surface area contributed by atoms with E-state index in [4.69, 9.17) is 9.72 Å². The van der Waals surface area contributed by atoms with Crippen LogP contribution >= 0.6 is 0 Å². The number of ether oxygens (including phenoxy) is 1. The number of amides is 1. The number of fused-ring (bicyclic) bond motifs is 1. The zero-order chi connectivity index (χ0) is 24.6. The predicted molar refractivity (Wildman–Crippen MR) is 130 cm³/mol. The number of carbonyl (C=O) groups is 1. The van der Waals surface area contributed by atoms with Crippen LogP contribution in [0.3, 0.4) is 0 Å². The van der Waals surface area contributed by atoms with Crippen molar-refractivity contribution in [3.63, 3.8) is 0 Å². The molecule has 2 fully saturated rings. The number of aliphatic hydroxyl groups is 2. The first kappa shape index (κ1) is 23.7. The molecule has 11 nitrogen and oxygen atoms in total. The van der Waals surface area contributed by atoms with Crippen LogP contribution in [0, 0.1) is 5.92 Å². The molecule has 188 valence electrons. The van der Waals surface area contributed by atoms with Crippen LogP contribution in [0.5, 0.6) is 0 Å². The molecule has 3 aromatic heterocycles. The third-order valence-corrected chi connectivity index (χ3v) is 6.94. The Morgan fingerprint density at radius 3 is 2.66 bits per heavy atom. The second-order valence-corrected chi connectivity index (χ2v) is 9.95. The SMILES string of the molecule is CC(C)(O)c1nn([C@H]2CC[C@H](CO)CC2)cc1NC(=O)c1cnn2ccc(N3CCOCC3)nc12. The van der Waals surface area contributed by atoms with Gasteiger partial charge in [0.05, 0.1) is 31.1 Å². The number of morpholine rings is 1. The standard InChI is InChI=1S/C24H33N7O4/c1-24(2,34)21-19(14-31(28-21)17-5-3-16(15-32)4-6-17)26-23(33)18-13-25-30-8-7-20(27-22(18)30)29-9-11-35-12-10-29/h7-8,13-14,16-17,32,34H,3-6,9-12,15H2,1-2H3,(H,26,33)/t16-,17-. The Balaban J connectivity index is 1.40. The van der Waals surface area contributed by atoms with Crippen LogP contribution in [0.15, 0.2) is 24.7 Å². The molecule has 0 bridgehead atoms. The van der Waals surface area contributed by atoms with Gasteiger partial charge in [0.1, 0.15) is 22.7 Å². The molecule has 1 aliphatic heterocycles. The van der Waals surface area contributed by atoms with Gasteiger partial charge in [-0.25, -0.2) is 9.50 Å². The van der Waals surface area contributed by atoms with Gasteiger partial charge in [-0.15, -0.1) is 0 Å². The summed E-state index contributed by atoms with van der Waals surface area (Å²) >= 11 is 0. The summed E-state index contributed by atoms with van der Waals surface area (Å²) in [5.74, 6) is 0.750. The molecule has 35 heavy (non-hydrogen) atoms. The van der Waals surface area contributed by atoms with Gasteiger partial charge in [0, 0.05) is 32.1 Å². The molecule has 11 heteroatoms. The molecule has 4 heterocycles. The molecule has 0 spiro atoms. The highest BCUT2D eigenvalue weighted by atomic mass is 16.5.